The van der Waals surface area contributed by atoms with Gasteiger partial charge in [-0.1, -0.05) is 77.5 Å². The van der Waals surface area contributed by atoms with Crippen LogP contribution in [-0.2, 0) is 6.54 Å². The molecule has 5 heteroatoms. The molecule has 0 saturated heterocycles. The fourth-order valence-corrected chi connectivity index (χ4v) is 4.38. The molecule has 6 rings (SSSR count). The summed E-state index contributed by atoms with van der Waals surface area (Å²) in [6, 6.07) is 27.8. The van der Waals surface area contributed by atoms with Crippen molar-refractivity contribution in [1.82, 2.24) is 5.16 Å². The van der Waals surface area contributed by atoms with Gasteiger partial charge in [0, 0.05) is 23.4 Å². The first-order valence-corrected chi connectivity index (χ1v) is 10.9. The van der Waals surface area contributed by atoms with E-state index < -0.39 is 0 Å². The van der Waals surface area contributed by atoms with Gasteiger partial charge in [0.15, 0.2) is 11.5 Å². The number of hydrogen-bond acceptors (Lipinski definition) is 5. The Bertz CT molecular complexity index is 1500. The van der Waals surface area contributed by atoms with Crippen LogP contribution in [0.15, 0.2) is 89.5 Å². The van der Waals surface area contributed by atoms with Gasteiger partial charge in [0.1, 0.15) is 5.52 Å². The standard InChI is InChI=1S/C28H21N3O2/c1-17-11-13-19(14-12-17)30-22-15-23(29-16-18-7-3-2-4-8-18)26-25-24(22)27(32)20-9-5-6-10-21(20)28(25)33-31-26/h2-15,29-30H,16H2,1H3. The number of ketones is 1. The molecular formula is C28H21N3O2. The van der Waals surface area contributed by atoms with E-state index in [1.165, 1.54) is 5.56 Å². The van der Waals surface area contributed by atoms with Crippen molar-refractivity contribution in [2.45, 2.75) is 13.5 Å². The van der Waals surface area contributed by atoms with Gasteiger partial charge in [0.05, 0.1) is 22.3 Å². The topological polar surface area (TPSA) is 67.2 Å². The molecular weight excluding hydrogens is 410 g/mol. The molecule has 1 aromatic heterocycles. The lowest BCUT2D eigenvalue weighted by Crippen LogP contribution is -2.12. The number of nitrogens with one attached hydrogen (secondary N) is 2. The van der Waals surface area contributed by atoms with Crippen LogP contribution in [0, 0.1) is 6.92 Å². The van der Waals surface area contributed by atoms with Gasteiger partial charge >= 0.3 is 0 Å². The molecule has 160 valence electrons. The average molecular weight is 431 g/mol. The number of aryl methyl sites for hydroxylation is 1. The van der Waals surface area contributed by atoms with Crippen molar-refractivity contribution in [3.63, 3.8) is 0 Å². The van der Waals surface area contributed by atoms with Crippen LogP contribution in [0.3, 0.4) is 0 Å². The van der Waals surface area contributed by atoms with Gasteiger partial charge in [-0.3, -0.25) is 4.79 Å². The molecule has 1 aliphatic rings. The Kier molecular flexibility index (Phi) is 4.47. The highest BCUT2D eigenvalue weighted by Gasteiger charge is 2.32. The Hall–Kier alpha value is -4.38. The molecule has 5 nitrogen and oxygen atoms in total. The predicted molar refractivity (Wildman–Crippen MR) is 131 cm³/mol. The summed E-state index contributed by atoms with van der Waals surface area (Å²) in [6.07, 6.45) is 0. The van der Waals surface area contributed by atoms with Gasteiger partial charge in [-0.05, 0) is 30.7 Å². The summed E-state index contributed by atoms with van der Waals surface area (Å²) in [5.41, 5.74) is 7.43. The Morgan fingerprint density at radius 2 is 1.58 bits per heavy atom. The second-order valence-electron chi connectivity index (χ2n) is 8.29. The highest BCUT2D eigenvalue weighted by molar-refractivity contribution is 6.28. The lowest BCUT2D eigenvalue weighted by atomic mass is 9.86. The third kappa shape index (κ3) is 3.26. The summed E-state index contributed by atoms with van der Waals surface area (Å²) in [7, 11) is 0. The molecule has 0 amide bonds. The summed E-state index contributed by atoms with van der Waals surface area (Å²) in [5.74, 6) is 0.598. The van der Waals surface area contributed by atoms with Crippen molar-refractivity contribution in [2.75, 3.05) is 10.6 Å². The van der Waals surface area contributed by atoms with Crippen LogP contribution in [0.2, 0.25) is 0 Å². The third-order valence-electron chi connectivity index (χ3n) is 6.05. The van der Waals surface area contributed by atoms with Crippen LogP contribution < -0.4 is 10.6 Å². The maximum atomic E-state index is 13.6. The number of rotatable bonds is 5. The molecule has 1 aliphatic carbocycles. The number of fused-ring (bicyclic) bond motifs is 2. The Morgan fingerprint density at radius 1 is 0.848 bits per heavy atom. The molecule has 5 aromatic rings. The fourth-order valence-electron chi connectivity index (χ4n) is 4.38. The minimum atomic E-state index is -0.0319. The highest BCUT2D eigenvalue weighted by atomic mass is 16.5. The number of carbonyl (C=O) groups excluding carboxylic acids is 1. The van der Waals surface area contributed by atoms with Gasteiger partial charge in [-0.25, -0.2) is 0 Å². The second kappa shape index (κ2) is 7.64. The molecule has 0 radical (unpaired) electrons. The van der Waals surface area contributed by atoms with Crippen molar-refractivity contribution in [1.29, 1.82) is 0 Å². The summed E-state index contributed by atoms with van der Waals surface area (Å²) in [5, 5.41) is 12.1. The summed E-state index contributed by atoms with van der Waals surface area (Å²) >= 11 is 0. The quantitative estimate of drug-likeness (QED) is 0.318. The normalized spacial score (nSPS) is 12.0. The van der Waals surface area contributed by atoms with E-state index in [-0.39, 0.29) is 5.78 Å². The zero-order valence-corrected chi connectivity index (χ0v) is 18.1. The van der Waals surface area contributed by atoms with E-state index in [1.54, 1.807) is 0 Å². The number of nitrogens with zero attached hydrogens (tertiary/aromatic N) is 1. The van der Waals surface area contributed by atoms with Crippen LogP contribution in [-0.4, -0.2) is 10.9 Å². The van der Waals surface area contributed by atoms with Gasteiger partial charge in [-0.2, -0.15) is 0 Å². The van der Waals surface area contributed by atoms with Crippen molar-refractivity contribution in [2.24, 2.45) is 0 Å². The van der Waals surface area contributed by atoms with Gasteiger partial charge in [-0.15, -0.1) is 0 Å². The molecule has 0 spiro atoms. The zero-order chi connectivity index (χ0) is 22.4. The van der Waals surface area contributed by atoms with Crippen LogP contribution in [0.4, 0.5) is 17.1 Å². The van der Waals surface area contributed by atoms with E-state index in [0.717, 1.165) is 33.6 Å². The number of benzene rings is 4. The fraction of sp³-hybridized carbons (Fsp3) is 0.0714. The lowest BCUT2D eigenvalue weighted by Gasteiger charge is -2.20. The van der Waals surface area contributed by atoms with Crippen LogP contribution in [0.5, 0.6) is 0 Å². The van der Waals surface area contributed by atoms with E-state index >= 15 is 0 Å². The molecule has 2 N–H and O–H groups in total. The number of anilines is 3. The van der Waals surface area contributed by atoms with E-state index in [1.807, 2.05) is 72.8 Å². The van der Waals surface area contributed by atoms with Crippen LogP contribution >= 0.6 is 0 Å². The van der Waals surface area contributed by atoms with E-state index in [4.69, 9.17) is 4.52 Å². The Labute approximate surface area is 191 Å². The van der Waals surface area contributed by atoms with Crippen LogP contribution in [0.1, 0.15) is 27.0 Å². The largest absolute Gasteiger partial charge is 0.379 e. The van der Waals surface area contributed by atoms with Crippen molar-refractivity contribution in [3.8, 4) is 11.3 Å². The number of hydrogen-bond donors (Lipinski definition) is 2. The molecule has 4 aromatic carbocycles. The van der Waals surface area contributed by atoms with E-state index in [9.17, 15) is 4.79 Å². The van der Waals surface area contributed by atoms with Crippen molar-refractivity contribution < 1.29 is 9.32 Å². The molecule has 0 aliphatic heterocycles. The molecule has 0 bridgehead atoms. The smallest absolute Gasteiger partial charge is 0.196 e. The first kappa shape index (κ1) is 19.3. The van der Waals surface area contributed by atoms with Crippen molar-refractivity contribution >= 4 is 33.7 Å². The third-order valence-corrected chi connectivity index (χ3v) is 6.05. The zero-order valence-electron chi connectivity index (χ0n) is 18.1. The van der Waals surface area contributed by atoms with E-state index in [0.29, 0.717) is 28.9 Å². The van der Waals surface area contributed by atoms with Gasteiger partial charge in [0.2, 0.25) is 0 Å². The first-order valence-electron chi connectivity index (χ1n) is 10.9. The Balaban J connectivity index is 1.53. The maximum Gasteiger partial charge on any atom is 0.196 e. The number of carbonyl (C=O) groups is 1. The second-order valence-corrected chi connectivity index (χ2v) is 8.29. The molecule has 33 heavy (non-hydrogen) atoms. The molecule has 0 fully saturated rings. The number of aromatic nitrogens is 1. The first-order chi connectivity index (χ1) is 16.2. The molecule has 1 heterocycles. The van der Waals surface area contributed by atoms with Crippen LogP contribution in [0.25, 0.3) is 22.2 Å². The maximum absolute atomic E-state index is 13.6. The summed E-state index contributed by atoms with van der Waals surface area (Å²) < 4.78 is 5.81. The Morgan fingerprint density at radius 3 is 2.36 bits per heavy atom. The van der Waals surface area contributed by atoms with Gasteiger partial charge < -0.3 is 15.2 Å². The highest BCUT2D eigenvalue weighted by Crippen LogP contribution is 2.45. The van der Waals surface area contributed by atoms with E-state index in [2.05, 4.69) is 34.8 Å². The van der Waals surface area contributed by atoms with Gasteiger partial charge in [0.25, 0.3) is 0 Å². The minimum Gasteiger partial charge on any atom is -0.379 e. The predicted octanol–water partition coefficient (Wildman–Crippen LogP) is 6.70. The SMILES string of the molecule is Cc1ccc(Nc2cc(NCc3ccccc3)c3noc4c3c2C(=O)c2ccccc2-4)cc1. The summed E-state index contributed by atoms with van der Waals surface area (Å²) in [4.78, 5) is 13.6. The lowest BCUT2D eigenvalue weighted by molar-refractivity contribution is 0.104. The monoisotopic (exact) mass is 431 g/mol. The van der Waals surface area contributed by atoms with Crippen molar-refractivity contribution in [3.05, 3.63) is 107 Å². The minimum absolute atomic E-state index is 0.0319. The summed E-state index contributed by atoms with van der Waals surface area (Å²) in [6.45, 7) is 2.68. The average Bonchev–Trinajstić information content (AvgIpc) is 3.29. The molecule has 0 saturated carbocycles. The molecule has 0 unspecified atom stereocenters. The molecule has 0 atom stereocenters.